The first-order chi connectivity index (χ1) is 18.1. The van der Waals surface area contributed by atoms with E-state index in [0.717, 1.165) is 31.2 Å². The van der Waals surface area contributed by atoms with E-state index in [1.807, 2.05) is 36.4 Å². The predicted molar refractivity (Wildman–Crippen MR) is 136 cm³/mol. The smallest absolute Gasteiger partial charge is 0.268 e. The molecule has 2 heterocycles. The number of ether oxygens (including phenoxy) is 3. The lowest BCUT2D eigenvalue weighted by Crippen LogP contribution is -2.52. The number of rotatable bonds is 8. The molecule has 5 rings (SSSR count). The number of para-hydroxylation sites is 2. The molecule has 0 spiro atoms. The van der Waals surface area contributed by atoms with Crippen molar-refractivity contribution in [1.29, 1.82) is 0 Å². The molecule has 2 aromatic carbocycles. The van der Waals surface area contributed by atoms with Crippen molar-refractivity contribution in [3.05, 3.63) is 78.3 Å². The molecular weight excluding hydrogens is 472 g/mol. The van der Waals surface area contributed by atoms with Crippen LogP contribution in [0.15, 0.2) is 71.3 Å². The van der Waals surface area contributed by atoms with Gasteiger partial charge in [-0.1, -0.05) is 43.5 Å². The fraction of sp³-hybridized carbons (Fsp3) is 0.379. The number of nitrogens with one attached hydrogen (secondary N) is 1. The summed E-state index contributed by atoms with van der Waals surface area (Å²) in [7, 11) is 1.60. The van der Waals surface area contributed by atoms with Crippen molar-refractivity contribution in [2.24, 2.45) is 0 Å². The topological polar surface area (TPSA) is 90.2 Å². The fourth-order valence-corrected chi connectivity index (χ4v) is 4.95. The van der Waals surface area contributed by atoms with Gasteiger partial charge in [0.05, 0.1) is 13.4 Å². The maximum Gasteiger partial charge on any atom is 0.268 e. The van der Waals surface area contributed by atoms with Crippen LogP contribution in [0.5, 0.6) is 17.2 Å². The highest BCUT2D eigenvalue weighted by Gasteiger charge is 2.40. The molecule has 1 aliphatic heterocycles. The second-order valence-corrected chi connectivity index (χ2v) is 9.44. The molecule has 0 radical (unpaired) electrons. The van der Waals surface area contributed by atoms with Crippen LogP contribution in [0, 0.1) is 0 Å². The zero-order chi connectivity index (χ0) is 25.6. The van der Waals surface area contributed by atoms with Gasteiger partial charge in [-0.05, 0) is 54.8 Å². The first-order valence-corrected chi connectivity index (χ1v) is 12.8. The third kappa shape index (κ3) is 5.74. The lowest BCUT2D eigenvalue weighted by molar-refractivity contribution is -0.150. The van der Waals surface area contributed by atoms with E-state index in [0.29, 0.717) is 23.0 Å². The Kier molecular flexibility index (Phi) is 7.63. The number of carbonyl (C=O) groups excluding carboxylic acids is 2. The standard InChI is InChI=1S/C29H32N2O6/c1-34-22-15-13-20(14-16-22)18-31(29(33)26-19-36-23-10-5-6-11-24(23)37-26)27(25-12-7-17-35-25)28(32)30-21-8-3-2-4-9-21/h5-7,10-17,21,26-27H,2-4,8-9,18-19H2,1H3,(H,30,32)/t26-,27+/m0/s1. The Morgan fingerprint density at radius 1 is 1.00 bits per heavy atom. The van der Waals surface area contributed by atoms with E-state index in [-0.39, 0.29) is 31.0 Å². The molecule has 2 amide bonds. The van der Waals surface area contributed by atoms with Gasteiger partial charge >= 0.3 is 0 Å². The lowest BCUT2D eigenvalue weighted by atomic mass is 9.95. The normalized spacial score (nSPS) is 18.0. The monoisotopic (exact) mass is 504 g/mol. The van der Waals surface area contributed by atoms with Crippen molar-refractivity contribution in [3.63, 3.8) is 0 Å². The Hall–Kier alpha value is -3.94. The molecule has 1 saturated carbocycles. The summed E-state index contributed by atoms with van der Waals surface area (Å²) in [6.07, 6.45) is 5.81. The summed E-state index contributed by atoms with van der Waals surface area (Å²) in [5, 5.41) is 3.18. The van der Waals surface area contributed by atoms with Gasteiger partial charge in [-0.3, -0.25) is 9.59 Å². The quantitative estimate of drug-likeness (QED) is 0.480. The van der Waals surface area contributed by atoms with Crippen molar-refractivity contribution >= 4 is 11.8 Å². The fourth-order valence-electron chi connectivity index (χ4n) is 4.95. The third-order valence-electron chi connectivity index (χ3n) is 6.90. The Morgan fingerprint density at radius 3 is 2.46 bits per heavy atom. The summed E-state index contributed by atoms with van der Waals surface area (Å²) in [5.41, 5.74) is 0.841. The Bertz CT molecular complexity index is 1190. The Balaban J connectivity index is 1.46. The molecule has 37 heavy (non-hydrogen) atoms. The van der Waals surface area contributed by atoms with Crippen LogP contribution < -0.4 is 19.5 Å². The molecule has 8 heteroatoms. The molecule has 1 aromatic heterocycles. The molecule has 2 aliphatic rings. The SMILES string of the molecule is COc1ccc(CN(C(=O)[C@@H]2COc3ccccc3O2)[C@@H](C(=O)NC2CCCCC2)c2ccco2)cc1. The number of fused-ring (bicyclic) bond motifs is 1. The van der Waals surface area contributed by atoms with Crippen LogP contribution in [-0.2, 0) is 16.1 Å². The van der Waals surface area contributed by atoms with E-state index in [9.17, 15) is 9.59 Å². The maximum absolute atomic E-state index is 14.0. The van der Waals surface area contributed by atoms with Crippen molar-refractivity contribution in [2.75, 3.05) is 13.7 Å². The van der Waals surface area contributed by atoms with Gasteiger partial charge in [-0.25, -0.2) is 0 Å². The van der Waals surface area contributed by atoms with E-state index < -0.39 is 12.1 Å². The largest absolute Gasteiger partial charge is 0.497 e. The van der Waals surface area contributed by atoms with Crippen LogP contribution >= 0.6 is 0 Å². The third-order valence-corrected chi connectivity index (χ3v) is 6.90. The Morgan fingerprint density at radius 2 is 1.76 bits per heavy atom. The average molecular weight is 505 g/mol. The number of amides is 2. The summed E-state index contributed by atoms with van der Waals surface area (Å²) in [5.74, 6) is 1.57. The van der Waals surface area contributed by atoms with Gasteiger partial charge in [0, 0.05) is 12.6 Å². The summed E-state index contributed by atoms with van der Waals surface area (Å²) >= 11 is 0. The highest BCUT2D eigenvalue weighted by atomic mass is 16.6. The molecule has 3 aromatic rings. The van der Waals surface area contributed by atoms with E-state index in [1.54, 1.807) is 31.4 Å². The maximum atomic E-state index is 14.0. The number of carbonyl (C=O) groups is 2. The van der Waals surface area contributed by atoms with E-state index >= 15 is 0 Å². The number of furan rings is 1. The highest BCUT2D eigenvalue weighted by Crippen LogP contribution is 2.33. The molecule has 0 unspecified atom stereocenters. The number of nitrogens with zero attached hydrogens (tertiary/aromatic N) is 1. The summed E-state index contributed by atoms with van der Waals surface area (Å²) < 4.78 is 22.9. The van der Waals surface area contributed by atoms with Gasteiger partial charge in [-0.2, -0.15) is 0 Å². The van der Waals surface area contributed by atoms with Gasteiger partial charge in [0.1, 0.15) is 18.1 Å². The van der Waals surface area contributed by atoms with Crippen LogP contribution in [0.2, 0.25) is 0 Å². The summed E-state index contributed by atoms with van der Waals surface area (Å²) in [6.45, 7) is 0.220. The molecule has 1 aliphatic carbocycles. The van der Waals surface area contributed by atoms with Crippen LogP contribution in [-0.4, -0.2) is 42.6 Å². The van der Waals surface area contributed by atoms with Crippen LogP contribution in [0.1, 0.15) is 49.5 Å². The molecule has 1 N–H and O–H groups in total. The first-order valence-electron chi connectivity index (χ1n) is 12.8. The van der Waals surface area contributed by atoms with Gasteiger partial charge in [0.25, 0.3) is 11.8 Å². The minimum atomic E-state index is -0.965. The summed E-state index contributed by atoms with van der Waals surface area (Å²) in [4.78, 5) is 29.3. The van der Waals surface area contributed by atoms with E-state index in [1.165, 1.54) is 17.6 Å². The van der Waals surface area contributed by atoms with Crippen molar-refractivity contribution in [2.45, 2.75) is 56.8 Å². The Labute approximate surface area is 216 Å². The predicted octanol–water partition coefficient (Wildman–Crippen LogP) is 4.65. The summed E-state index contributed by atoms with van der Waals surface area (Å²) in [6, 6.07) is 17.2. The van der Waals surface area contributed by atoms with Gasteiger partial charge in [-0.15, -0.1) is 0 Å². The first kappa shape index (κ1) is 24.7. The van der Waals surface area contributed by atoms with Crippen LogP contribution in [0.4, 0.5) is 0 Å². The number of methoxy groups -OCH3 is 1. The number of hydrogen-bond donors (Lipinski definition) is 1. The second kappa shape index (κ2) is 11.4. The highest BCUT2D eigenvalue weighted by molar-refractivity contribution is 5.90. The molecule has 2 atom stereocenters. The van der Waals surface area contributed by atoms with Gasteiger partial charge in [0.15, 0.2) is 17.5 Å². The average Bonchev–Trinajstić information content (AvgIpc) is 3.47. The minimum Gasteiger partial charge on any atom is -0.497 e. The molecule has 0 bridgehead atoms. The molecule has 0 saturated heterocycles. The van der Waals surface area contributed by atoms with Gasteiger partial charge in [0.2, 0.25) is 6.10 Å². The number of benzene rings is 2. The van der Waals surface area contributed by atoms with Crippen LogP contribution in [0.25, 0.3) is 0 Å². The molecule has 194 valence electrons. The molecule has 1 fully saturated rings. The van der Waals surface area contributed by atoms with Crippen molar-refractivity contribution < 1.29 is 28.2 Å². The lowest BCUT2D eigenvalue weighted by Gasteiger charge is -2.35. The minimum absolute atomic E-state index is 0.0457. The zero-order valence-corrected chi connectivity index (χ0v) is 20.9. The van der Waals surface area contributed by atoms with E-state index in [4.69, 9.17) is 18.6 Å². The van der Waals surface area contributed by atoms with Crippen molar-refractivity contribution in [1.82, 2.24) is 10.2 Å². The molecular formula is C29H32N2O6. The second-order valence-electron chi connectivity index (χ2n) is 9.44. The molecule has 8 nitrogen and oxygen atoms in total. The van der Waals surface area contributed by atoms with Crippen LogP contribution in [0.3, 0.4) is 0 Å². The van der Waals surface area contributed by atoms with Crippen molar-refractivity contribution in [3.8, 4) is 17.2 Å². The van der Waals surface area contributed by atoms with Gasteiger partial charge < -0.3 is 28.8 Å². The zero-order valence-electron chi connectivity index (χ0n) is 20.9. The van der Waals surface area contributed by atoms with E-state index in [2.05, 4.69) is 5.32 Å². The number of hydrogen-bond acceptors (Lipinski definition) is 6.